The predicted molar refractivity (Wildman–Crippen MR) is 69.1 cm³/mol. The van der Waals surface area contributed by atoms with Crippen LogP contribution in [0.15, 0.2) is 0 Å². The van der Waals surface area contributed by atoms with E-state index in [1.54, 1.807) is 19.0 Å². The van der Waals surface area contributed by atoms with Gasteiger partial charge in [0, 0.05) is 20.6 Å². The Labute approximate surface area is 109 Å². The molecule has 0 bridgehead atoms. The summed E-state index contributed by atoms with van der Waals surface area (Å²) >= 11 is 0. The molecular formula is C13H24N2O3. The van der Waals surface area contributed by atoms with Crippen molar-refractivity contribution in [3.63, 3.8) is 0 Å². The molecule has 104 valence electrons. The normalized spacial score (nSPS) is 22.3. The number of amides is 1. The zero-order valence-corrected chi connectivity index (χ0v) is 11.8. The molecule has 1 aliphatic heterocycles. The number of hydrogen-bond acceptors (Lipinski definition) is 4. The summed E-state index contributed by atoms with van der Waals surface area (Å²) in [4.78, 5) is 27.3. The second kappa shape index (κ2) is 6.73. The standard InChI is InChI=1S/C13H24N2O3/c1-5-18-13(17)11-7-6-8-15(9-11)10(2)12(16)14(3)4/h10-11H,5-9H2,1-4H3/t10?,11-/m0/s1. The van der Waals surface area contributed by atoms with Gasteiger partial charge in [0.2, 0.25) is 5.91 Å². The van der Waals surface area contributed by atoms with Crippen LogP contribution in [0.3, 0.4) is 0 Å². The number of rotatable bonds is 4. The Balaban J connectivity index is 2.58. The molecule has 1 rings (SSSR count). The minimum atomic E-state index is -0.169. The number of piperidine rings is 1. The third-order valence-corrected chi connectivity index (χ3v) is 3.42. The van der Waals surface area contributed by atoms with E-state index < -0.39 is 0 Å². The average Bonchev–Trinajstić information content (AvgIpc) is 2.37. The van der Waals surface area contributed by atoms with E-state index in [-0.39, 0.29) is 23.8 Å². The van der Waals surface area contributed by atoms with Crippen molar-refractivity contribution < 1.29 is 14.3 Å². The molecule has 1 fully saturated rings. The molecule has 1 amide bonds. The highest BCUT2D eigenvalue weighted by Crippen LogP contribution is 2.20. The maximum Gasteiger partial charge on any atom is 0.310 e. The number of carbonyl (C=O) groups is 2. The third-order valence-electron chi connectivity index (χ3n) is 3.42. The van der Waals surface area contributed by atoms with Crippen LogP contribution in [0, 0.1) is 5.92 Å². The van der Waals surface area contributed by atoms with Crippen molar-refractivity contribution in [1.29, 1.82) is 0 Å². The molecule has 0 aromatic carbocycles. The van der Waals surface area contributed by atoms with Gasteiger partial charge in [0.15, 0.2) is 0 Å². The molecule has 1 aliphatic rings. The molecule has 1 unspecified atom stereocenters. The second-order valence-electron chi connectivity index (χ2n) is 4.99. The van der Waals surface area contributed by atoms with E-state index in [0.717, 1.165) is 19.4 Å². The number of likely N-dealkylation sites (tertiary alicyclic amines) is 1. The van der Waals surface area contributed by atoms with Crippen LogP contribution in [0.1, 0.15) is 26.7 Å². The van der Waals surface area contributed by atoms with Gasteiger partial charge < -0.3 is 9.64 Å². The highest BCUT2D eigenvalue weighted by Gasteiger charge is 2.31. The van der Waals surface area contributed by atoms with E-state index in [0.29, 0.717) is 13.2 Å². The Kier molecular flexibility index (Phi) is 5.59. The Hall–Kier alpha value is -1.10. The van der Waals surface area contributed by atoms with Gasteiger partial charge in [-0.1, -0.05) is 0 Å². The molecule has 1 heterocycles. The van der Waals surface area contributed by atoms with Crippen LogP contribution in [0.2, 0.25) is 0 Å². The van der Waals surface area contributed by atoms with Gasteiger partial charge in [-0.15, -0.1) is 0 Å². The lowest BCUT2D eigenvalue weighted by Gasteiger charge is -2.35. The van der Waals surface area contributed by atoms with Crippen molar-refractivity contribution in [2.75, 3.05) is 33.8 Å². The van der Waals surface area contributed by atoms with Crippen LogP contribution in [0.4, 0.5) is 0 Å². The summed E-state index contributed by atoms with van der Waals surface area (Å²) in [7, 11) is 3.51. The molecule has 5 heteroatoms. The predicted octanol–water partition coefficient (Wildman–Crippen LogP) is 0.738. The van der Waals surface area contributed by atoms with Crippen LogP contribution >= 0.6 is 0 Å². The zero-order valence-electron chi connectivity index (χ0n) is 11.8. The number of carbonyl (C=O) groups excluding carboxylic acids is 2. The van der Waals surface area contributed by atoms with Gasteiger partial charge in [-0.05, 0) is 33.2 Å². The van der Waals surface area contributed by atoms with Gasteiger partial charge in [0.05, 0.1) is 18.6 Å². The Morgan fingerprint density at radius 1 is 1.44 bits per heavy atom. The lowest BCUT2D eigenvalue weighted by molar-refractivity contribution is -0.151. The van der Waals surface area contributed by atoms with E-state index in [2.05, 4.69) is 4.90 Å². The molecule has 2 atom stereocenters. The molecule has 0 N–H and O–H groups in total. The Morgan fingerprint density at radius 3 is 2.67 bits per heavy atom. The van der Waals surface area contributed by atoms with Gasteiger partial charge in [0.1, 0.15) is 0 Å². The summed E-state index contributed by atoms with van der Waals surface area (Å²) in [6.45, 7) is 5.63. The van der Waals surface area contributed by atoms with E-state index in [4.69, 9.17) is 4.74 Å². The third kappa shape index (κ3) is 3.70. The minimum absolute atomic E-state index is 0.0829. The van der Waals surface area contributed by atoms with Crippen molar-refractivity contribution in [2.45, 2.75) is 32.7 Å². The first kappa shape index (κ1) is 15.0. The highest BCUT2D eigenvalue weighted by atomic mass is 16.5. The summed E-state index contributed by atoms with van der Waals surface area (Å²) in [5, 5.41) is 0. The number of hydrogen-bond donors (Lipinski definition) is 0. The molecule has 0 spiro atoms. The first-order chi connectivity index (χ1) is 8.47. The van der Waals surface area contributed by atoms with E-state index in [1.165, 1.54) is 0 Å². The monoisotopic (exact) mass is 256 g/mol. The zero-order chi connectivity index (χ0) is 13.7. The smallest absolute Gasteiger partial charge is 0.310 e. The first-order valence-corrected chi connectivity index (χ1v) is 6.59. The largest absolute Gasteiger partial charge is 0.466 e. The lowest BCUT2D eigenvalue weighted by Crippen LogP contribution is -2.50. The number of nitrogens with zero attached hydrogens (tertiary/aromatic N) is 2. The van der Waals surface area contributed by atoms with Crippen LogP contribution in [0.5, 0.6) is 0 Å². The summed E-state index contributed by atoms with van der Waals surface area (Å²) in [5.74, 6) is -0.137. The van der Waals surface area contributed by atoms with Crippen molar-refractivity contribution in [1.82, 2.24) is 9.80 Å². The quantitative estimate of drug-likeness (QED) is 0.696. The lowest BCUT2D eigenvalue weighted by atomic mass is 9.97. The minimum Gasteiger partial charge on any atom is -0.466 e. The van der Waals surface area contributed by atoms with Crippen LogP contribution < -0.4 is 0 Å². The van der Waals surface area contributed by atoms with Crippen LogP contribution in [0.25, 0.3) is 0 Å². The van der Waals surface area contributed by atoms with Gasteiger partial charge in [-0.25, -0.2) is 0 Å². The summed E-state index contributed by atoms with van der Waals surface area (Å²) in [5.41, 5.74) is 0. The average molecular weight is 256 g/mol. The van der Waals surface area contributed by atoms with Gasteiger partial charge in [-0.3, -0.25) is 14.5 Å². The molecule has 0 aromatic heterocycles. The molecular weight excluding hydrogens is 232 g/mol. The van der Waals surface area contributed by atoms with Crippen molar-refractivity contribution in [3.8, 4) is 0 Å². The van der Waals surface area contributed by atoms with Crippen molar-refractivity contribution >= 4 is 11.9 Å². The number of likely N-dealkylation sites (N-methyl/N-ethyl adjacent to an activating group) is 1. The van der Waals surface area contributed by atoms with E-state index in [9.17, 15) is 9.59 Å². The highest BCUT2D eigenvalue weighted by molar-refractivity contribution is 5.81. The van der Waals surface area contributed by atoms with Crippen LogP contribution in [-0.4, -0.2) is 61.5 Å². The summed E-state index contributed by atoms with van der Waals surface area (Å²) in [6, 6.07) is -0.169. The van der Waals surface area contributed by atoms with Crippen molar-refractivity contribution in [2.24, 2.45) is 5.92 Å². The van der Waals surface area contributed by atoms with E-state index >= 15 is 0 Å². The summed E-state index contributed by atoms with van der Waals surface area (Å²) < 4.78 is 5.06. The topological polar surface area (TPSA) is 49.9 Å². The molecule has 0 saturated carbocycles. The molecule has 5 nitrogen and oxygen atoms in total. The Morgan fingerprint density at radius 2 is 2.11 bits per heavy atom. The first-order valence-electron chi connectivity index (χ1n) is 6.59. The molecule has 1 saturated heterocycles. The van der Waals surface area contributed by atoms with Gasteiger partial charge >= 0.3 is 5.97 Å². The second-order valence-corrected chi connectivity index (χ2v) is 4.99. The summed E-state index contributed by atoms with van der Waals surface area (Å²) in [6.07, 6.45) is 1.80. The maximum atomic E-state index is 11.9. The molecule has 0 aromatic rings. The molecule has 18 heavy (non-hydrogen) atoms. The Bertz CT molecular complexity index is 305. The van der Waals surface area contributed by atoms with Crippen molar-refractivity contribution in [3.05, 3.63) is 0 Å². The molecule has 0 radical (unpaired) electrons. The fourth-order valence-electron chi connectivity index (χ4n) is 2.34. The fourth-order valence-corrected chi connectivity index (χ4v) is 2.34. The maximum absolute atomic E-state index is 11.9. The van der Waals surface area contributed by atoms with Crippen LogP contribution in [-0.2, 0) is 14.3 Å². The SMILES string of the molecule is CCOC(=O)[C@H]1CCCN(C(C)C(=O)N(C)C)C1. The number of esters is 1. The van der Waals surface area contributed by atoms with Gasteiger partial charge in [-0.2, -0.15) is 0 Å². The number of ether oxygens (including phenoxy) is 1. The van der Waals surface area contributed by atoms with E-state index in [1.807, 2.05) is 13.8 Å². The van der Waals surface area contributed by atoms with Gasteiger partial charge in [0.25, 0.3) is 0 Å². The molecule has 0 aliphatic carbocycles. The fraction of sp³-hybridized carbons (Fsp3) is 0.846.